The van der Waals surface area contributed by atoms with E-state index in [4.69, 9.17) is 4.74 Å². The molecule has 0 bridgehead atoms. The number of carbonyl (C=O) groups is 3. The van der Waals surface area contributed by atoms with E-state index in [0.717, 1.165) is 16.6 Å². The Morgan fingerprint density at radius 3 is 2.33 bits per heavy atom. The summed E-state index contributed by atoms with van der Waals surface area (Å²) in [6.07, 6.45) is 0.552. The lowest BCUT2D eigenvalue weighted by atomic mass is 9.99. The lowest BCUT2D eigenvalue weighted by Crippen LogP contribution is -2.50. The molecule has 0 aliphatic carbocycles. The van der Waals surface area contributed by atoms with E-state index in [-0.39, 0.29) is 24.9 Å². The molecule has 0 spiro atoms. The fourth-order valence-corrected chi connectivity index (χ4v) is 4.61. The fourth-order valence-electron chi connectivity index (χ4n) is 4.61. The van der Waals surface area contributed by atoms with E-state index in [0.29, 0.717) is 23.1 Å². The van der Waals surface area contributed by atoms with Crippen LogP contribution in [0.25, 0.3) is 11.0 Å². The normalized spacial score (nSPS) is 12.1. The molecule has 9 nitrogen and oxygen atoms in total. The molecule has 9 heteroatoms. The van der Waals surface area contributed by atoms with Crippen molar-refractivity contribution in [3.63, 3.8) is 0 Å². The molecule has 0 radical (unpaired) electrons. The van der Waals surface area contributed by atoms with Gasteiger partial charge in [-0.3, -0.25) is 9.59 Å². The summed E-state index contributed by atoms with van der Waals surface area (Å²) in [6.45, 7) is 7.90. The van der Waals surface area contributed by atoms with Crippen molar-refractivity contribution in [1.29, 1.82) is 0 Å². The molecule has 3 aromatic carbocycles. The summed E-state index contributed by atoms with van der Waals surface area (Å²) in [5, 5.41) is 11.4. The predicted octanol–water partition coefficient (Wildman–Crippen LogP) is 4.25. The number of nitrogens with zero attached hydrogens (tertiary/aromatic N) is 4. The Kier molecular flexibility index (Phi) is 8.62. The molecule has 0 saturated carbocycles. The Hall–Kier alpha value is -4.53. The van der Waals surface area contributed by atoms with Gasteiger partial charge in [0.25, 0.3) is 0 Å². The Morgan fingerprint density at radius 2 is 1.65 bits per heavy atom. The highest BCUT2D eigenvalue weighted by atomic mass is 16.5. The first kappa shape index (κ1) is 28.5. The number of hydrogen-bond acceptors (Lipinski definition) is 6. The first-order chi connectivity index (χ1) is 19.1. The minimum absolute atomic E-state index is 0.0895. The maximum absolute atomic E-state index is 14.0. The van der Waals surface area contributed by atoms with Gasteiger partial charge in [-0.1, -0.05) is 53.7 Å². The number of aryl methyl sites for hydroxylation is 1. The zero-order valence-corrected chi connectivity index (χ0v) is 23.5. The molecule has 1 unspecified atom stereocenters. The highest BCUT2D eigenvalue weighted by molar-refractivity contribution is 5.91. The van der Waals surface area contributed by atoms with Crippen LogP contribution in [0.5, 0.6) is 0 Å². The average Bonchev–Trinajstić information content (AvgIpc) is 3.33. The van der Waals surface area contributed by atoms with Gasteiger partial charge < -0.3 is 15.0 Å². The Morgan fingerprint density at radius 1 is 0.975 bits per heavy atom. The van der Waals surface area contributed by atoms with Crippen molar-refractivity contribution in [1.82, 2.24) is 25.2 Å². The number of amides is 2. The van der Waals surface area contributed by atoms with Crippen LogP contribution >= 0.6 is 0 Å². The minimum atomic E-state index is -0.947. The highest BCUT2D eigenvalue weighted by Gasteiger charge is 2.33. The second-order valence-corrected chi connectivity index (χ2v) is 10.8. The van der Waals surface area contributed by atoms with E-state index >= 15 is 0 Å². The van der Waals surface area contributed by atoms with Crippen LogP contribution in [0, 0.1) is 6.92 Å². The molecule has 0 saturated heterocycles. The maximum Gasteiger partial charge on any atom is 0.337 e. The van der Waals surface area contributed by atoms with E-state index in [1.54, 1.807) is 33.8 Å². The molecule has 0 aliphatic heterocycles. The molecule has 4 aromatic rings. The molecule has 208 valence electrons. The van der Waals surface area contributed by atoms with E-state index in [1.165, 1.54) is 7.11 Å². The number of esters is 1. The van der Waals surface area contributed by atoms with Crippen LogP contribution in [0.15, 0.2) is 72.8 Å². The molecule has 1 aromatic heterocycles. The van der Waals surface area contributed by atoms with Crippen molar-refractivity contribution in [3.8, 4) is 0 Å². The third-order valence-corrected chi connectivity index (χ3v) is 6.61. The number of nitrogens with one attached hydrogen (secondary N) is 1. The van der Waals surface area contributed by atoms with Crippen LogP contribution in [-0.4, -0.2) is 56.9 Å². The molecular formula is C31H35N5O4. The van der Waals surface area contributed by atoms with E-state index in [2.05, 4.69) is 15.6 Å². The quantitative estimate of drug-likeness (QED) is 0.318. The summed E-state index contributed by atoms with van der Waals surface area (Å²) in [5.74, 6) is -1.08. The largest absolute Gasteiger partial charge is 0.465 e. The summed E-state index contributed by atoms with van der Waals surface area (Å²) in [6, 6.07) is 21.1. The summed E-state index contributed by atoms with van der Waals surface area (Å²) in [5.41, 5.74) is 4.01. The molecule has 1 N–H and O–H groups in total. The van der Waals surface area contributed by atoms with Crippen LogP contribution in [0.1, 0.15) is 53.9 Å². The third kappa shape index (κ3) is 6.72. The summed E-state index contributed by atoms with van der Waals surface area (Å²) in [4.78, 5) is 41.5. The van der Waals surface area contributed by atoms with Crippen molar-refractivity contribution >= 4 is 28.8 Å². The second kappa shape index (κ2) is 12.1. The summed E-state index contributed by atoms with van der Waals surface area (Å²) < 4.78 is 6.38. The van der Waals surface area contributed by atoms with Gasteiger partial charge in [-0.25, -0.2) is 9.48 Å². The van der Waals surface area contributed by atoms with Gasteiger partial charge in [-0.15, -0.1) is 5.10 Å². The zero-order valence-electron chi connectivity index (χ0n) is 23.5. The standard InChI is InChI=1S/C31H35N5O4/c1-21-10-6-7-11-22(21)18-19-35(27(37)20-36-26-13-9-8-12-25(26)33-34-36)28(29(38)32-31(2,3)4)23-14-16-24(17-15-23)30(39)40-5/h6-17,28H,18-20H2,1-5H3,(H,32,38). The van der Waals surface area contributed by atoms with Gasteiger partial charge in [0.1, 0.15) is 18.1 Å². The zero-order chi connectivity index (χ0) is 28.9. The Labute approximate surface area is 234 Å². The van der Waals surface area contributed by atoms with Crippen molar-refractivity contribution in [2.45, 2.75) is 52.2 Å². The summed E-state index contributed by atoms with van der Waals surface area (Å²) >= 11 is 0. The number of aromatic nitrogens is 3. The third-order valence-electron chi connectivity index (χ3n) is 6.61. The van der Waals surface area contributed by atoms with Gasteiger partial charge >= 0.3 is 5.97 Å². The topological polar surface area (TPSA) is 106 Å². The van der Waals surface area contributed by atoms with E-state index in [1.807, 2.05) is 76.2 Å². The smallest absolute Gasteiger partial charge is 0.337 e. The number of fused-ring (bicyclic) bond motifs is 1. The summed E-state index contributed by atoms with van der Waals surface area (Å²) in [7, 11) is 1.32. The SMILES string of the molecule is COC(=O)c1ccc(C(C(=O)NC(C)(C)C)N(CCc2ccccc2C)C(=O)Cn2nnc3ccccc32)cc1. The molecule has 1 atom stereocenters. The maximum atomic E-state index is 14.0. The van der Waals surface area contributed by atoms with Crippen molar-refractivity contribution in [2.24, 2.45) is 0 Å². The van der Waals surface area contributed by atoms with Crippen molar-refractivity contribution in [3.05, 3.63) is 95.1 Å². The van der Waals surface area contributed by atoms with Gasteiger partial charge in [0.2, 0.25) is 11.8 Å². The van der Waals surface area contributed by atoms with Gasteiger partial charge in [0, 0.05) is 12.1 Å². The average molecular weight is 542 g/mol. The van der Waals surface area contributed by atoms with E-state index < -0.39 is 17.6 Å². The number of hydrogen-bond donors (Lipinski definition) is 1. The van der Waals surface area contributed by atoms with Gasteiger partial charge in [0.05, 0.1) is 18.2 Å². The number of benzene rings is 3. The van der Waals surface area contributed by atoms with Gasteiger partial charge in [-0.2, -0.15) is 0 Å². The molecule has 0 aliphatic rings. The van der Waals surface area contributed by atoms with Crippen molar-refractivity contribution in [2.75, 3.05) is 13.7 Å². The van der Waals surface area contributed by atoms with Gasteiger partial charge in [-0.05, 0) is 75.1 Å². The number of para-hydroxylation sites is 1. The van der Waals surface area contributed by atoms with Crippen LogP contribution in [0.3, 0.4) is 0 Å². The monoisotopic (exact) mass is 541 g/mol. The number of ether oxygens (including phenoxy) is 1. The molecular weight excluding hydrogens is 506 g/mol. The lowest BCUT2D eigenvalue weighted by Gasteiger charge is -2.34. The molecule has 1 heterocycles. The predicted molar refractivity (Wildman–Crippen MR) is 153 cm³/mol. The Bertz CT molecular complexity index is 1500. The number of carbonyl (C=O) groups excluding carboxylic acids is 3. The highest BCUT2D eigenvalue weighted by Crippen LogP contribution is 2.25. The van der Waals surface area contributed by atoms with Gasteiger partial charge in [0.15, 0.2) is 0 Å². The Balaban J connectivity index is 1.75. The lowest BCUT2D eigenvalue weighted by molar-refractivity contribution is -0.142. The van der Waals surface area contributed by atoms with Crippen molar-refractivity contribution < 1.29 is 19.1 Å². The fraction of sp³-hybridized carbons (Fsp3) is 0.323. The second-order valence-electron chi connectivity index (χ2n) is 10.8. The number of rotatable bonds is 9. The number of methoxy groups -OCH3 is 1. The molecule has 2 amide bonds. The van der Waals surface area contributed by atoms with Crippen LogP contribution in [-0.2, 0) is 27.3 Å². The first-order valence-corrected chi connectivity index (χ1v) is 13.2. The molecule has 0 fully saturated rings. The van der Waals surface area contributed by atoms with Crippen LogP contribution < -0.4 is 5.32 Å². The van der Waals surface area contributed by atoms with E-state index in [9.17, 15) is 14.4 Å². The van der Waals surface area contributed by atoms with Crippen LogP contribution in [0.2, 0.25) is 0 Å². The first-order valence-electron chi connectivity index (χ1n) is 13.2. The van der Waals surface area contributed by atoms with Crippen LogP contribution in [0.4, 0.5) is 0 Å². The molecule has 4 rings (SSSR count). The minimum Gasteiger partial charge on any atom is -0.465 e. The molecule has 40 heavy (non-hydrogen) atoms.